The zero-order valence-electron chi connectivity index (χ0n) is 13.9. The van der Waals surface area contributed by atoms with Gasteiger partial charge >= 0.3 is 23.9 Å². The van der Waals surface area contributed by atoms with E-state index in [2.05, 4.69) is 6.58 Å². The van der Waals surface area contributed by atoms with Crippen LogP contribution in [-0.2, 0) is 42.9 Å². The number of esters is 4. The standard InChI is InChI=1S/C15H20O9/c1-7-13(22-9(3)17)15(24-11(5)19)14(23-10(4)18)12(21-7)6-20-8(2)16/h12-15H,1,6H2,2-5H3/t12?,13?,14-,15?/m1/s1. The van der Waals surface area contributed by atoms with Crippen LogP contribution in [0.15, 0.2) is 12.3 Å². The van der Waals surface area contributed by atoms with Crippen LogP contribution in [0, 0.1) is 0 Å². The van der Waals surface area contributed by atoms with Crippen LogP contribution < -0.4 is 0 Å². The molecule has 1 aliphatic rings. The molecule has 1 fully saturated rings. The molecule has 0 aromatic carbocycles. The lowest BCUT2D eigenvalue weighted by molar-refractivity contribution is -0.215. The molecule has 9 nitrogen and oxygen atoms in total. The van der Waals surface area contributed by atoms with E-state index in [4.69, 9.17) is 23.7 Å². The smallest absolute Gasteiger partial charge is 0.303 e. The summed E-state index contributed by atoms with van der Waals surface area (Å²) in [5, 5.41) is 0. The van der Waals surface area contributed by atoms with Crippen LogP contribution >= 0.6 is 0 Å². The Bertz CT molecular complexity index is 539. The van der Waals surface area contributed by atoms with Crippen molar-refractivity contribution >= 4 is 23.9 Å². The number of carbonyl (C=O) groups is 4. The van der Waals surface area contributed by atoms with Gasteiger partial charge in [-0.15, -0.1) is 0 Å². The minimum atomic E-state index is -1.18. The topological polar surface area (TPSA) is 114 Å². The summed E-state index contributed by atoms with van der Waals surface area (Å²) in [6.45, 7) is 8.01. The average Bonchev–Trinajstić information content (AvgIpc) is 2.42. The van der Waals surface area contributed by atoms with Crippen LogP contribution in [0.25, 0.3) is 0 Å². The lowest BCUT2D eigenvalue weighted by Gasteiger charge is -2.41. The summed E-state index contributed by atoms with van der Waals surface area (Å²) >= 11 is 0. The molecule has 1 rings (SSSR count). The summed E-state index contributed by atoms with van der Waals surface area (Å²) in [7, 11) is 0. The highest BCUT2D eigenvalue weighted by atomic mass is 16.7. The zero-order valence-corrected chi connectivity index (χ0v) is 13.9. The van der Waals surface area contributed by atoms with Crippen LogP contribution in [0.5, 0.6) is 0 Å². The molecule has 1 aliphatic heterocycles. The first kappa shape index (κ1) is 19.5. The van der Waals surface area contributed by atoms with Crippen molar-refractivity contribution in [3.63, 3.8) is 0 Å². The summed E-state index contributed by atoms with van der Waals surface area (Å²) in [4.78, 5) is 45.1. The van der Waals surface area contributed by atoms with Crippen molar-refractivity contribution in [3.05, 3.63) is 12.3 Å². The quantitative estimate of drug-likeness (QED) is 0.511. The van der Waals surface area contributed by atoms with E-state index in [1.807, 2.05) is 0 Å². The second-order valence-corrected chi connectivity index (χ2v) is 5.10. The van der Waals surface area contributed by atoms with Crippen LogP contribution in [0.1, 0.15) is 27.7 Å². The predicted octanol–water partition coefficient (Wildman–Crippen LogP) is 0.257. The molecule has 134 valence electrons. The first-order chi connectivity index (χ1) is 11.1. The number of carbonyl (C=O) groups excluding carboxylic acids is 4. The fraction of sp³-hybridized carbons (Fsp3) is 0.600. The molecule has 3 unspecified atom stereocenters. The normalized spacial score (nSPS) is 25.9. The van der Waals surface area contributed by atoms with Crippen molar-refractivity contribution in [2.24, 2.45) is 0 Å². The molecule has 0 spiro atoms. The first-order valence-electron chi connectivity index (χ1n) is 7.12. The largest absolute Gasteiger partial charge is 0.484 e. The van der Waals surface area contributed by atoms with Gasteiger partial charge in [-0.3, -0.25) is 19.2 Å². The molecule has 1 heterocycles. The van der Waals surface area contributed by atoms with Crippen LogP contribution in [0.2, 0.25) is 0 Å². The molecule has 0 aliphatic carbocycles. The van der Waals surface area contributed by atoms with Gasteiger partial charge in [0.15, 0.2) is 24.4 Å². The Morgan fingerprint density at radius 3 is 1.83 bits per heavy atom. The third kappa shape index (κ3) is 5.56. The SMILES string of the molecule is C=C1OC(COC(C)=O)[C@@H](OC(C)=O)C(OC(C)=O)C1OC(C)=O. The maximum atomic E-state index is 11.4. The number of hydrogen-bond acceptors (Lipinski definition) is 9. The number of rotatable bonds is 5. The Hall–Kier alpha value is -2.58. The minimum absolute atomic E-state index is 0.0167. The fourth-order valence-corrected chi connectivity index (χ4v) is 2.19. The van der Waals surface area contributed by atoms with E-state index in [1.165, 1.54) is 6.92 Å². The highest BCUT2D eigenvalue weighted by Crippen LogP contribution is 2.30. The third-order valence-electron chi connectivity index (χ3n) is 2.96. The van der Waals surface area contributed by atoms with Gasteiger partial charge < -0.3 is 23.7 Å². The molecule has 0 aromatic rings. The van der Waals surface area contributed by atoms with E-state index < -0.39 is 48.3 Å². The number of hydrogen-bond donors (Lipinski definition) is 0. The highest BCUT2D eigenvalue weighted by molar-refractivity contribution is 5.69. The molecule has 0 radical (unpaired) electrons. The molecule has 0 bridgehead atoms. The Morgan fingerprint density at radius 1 is 0.875 bits per heavy atom. The lowest BCUT2D eigenvalue weighted by Crippen LogP contribution is -2.57. The second kappa shape index (κ2) is 8.32. The van der Waals surface area contributed by atoms with Crippen molar-refractivity contribution in [1.82, 2.24) is 0 Å². The summed E-state index contributed by atoms with van der Waals surface area (Å²) < 4.78 is 25.7. The van der Waals surface area contributed by atoms with E-state index in [0.717, 1.165) is 20.8 Å². The summed E-state index contributed by atoms with van der Waals surface area (Å²) in [6, 6.07) is 0. The van der Waals surface area contributed by atoms with E-state index >= 15 is 0 Å². The van der Waals surface area contributed by atoms with Crippen molar-refractivity contribution in [3.8, 4) is 0 Å². The lowest BCUT2D eigenvalue weighted by atomic mass is 9.97. The monoisotopic (exact) mass is 344 g/mol. The van der Waals surface area contributed by atoms with Crippen molar-refractivity contribution in [2.75, 3.05) is 6.61 Å². The summed E-state index contributed by atoms with van der Waals surface area (Å²) in [5.41, 5.74) is 0. The Labute approximate surface area is 138 Å². The Morgan fingerprint density at radius 2 is 1.38 bits per heavy atom. The molecule has 0 aromatic heterocycles. The molecule has 9 heteroatoms. The van der Waals surface area contributed by atoms with Gasteiger partial charge in [0.05, 0.1) is 0 Å². The van der Waals surface area contributed by atoms with Gasteiger partial charge in [-0.2, -0.15) is 0 Å². The van der Waals surface area contributed by atoms with Crippen LogP contribution in [0.3, 0.4) is 0 Å². The Kier molecular flexibility index (Phi) is 6.75. The maximum absolute atomic E-state index is 11.4. The molecular weight excluding hydrogens is 324 g/mol. The number of ether oxygens (including phenoxy) is 5. The van der Waals surface area contributed by atoms with E-state index in [-0.39, 0.29) is 12.4 Å². The molecule has 0 N–H and O–H groups in total. The van der Waals surface area contributed by atoms with Gasteiger partial charge in [0.25, 0.3) is 0 Å². The zero-order chi connectivity index (χ0) is 18.4. The summed E-state index contributed by atoms with van der Waals surface area (Å²) in [6.07, 6.45) is -4.47. The van der Waals surface area contributed by atoms with Gasteiger partial charge in [0.1, 0.15) is 12.4 Å². The predicted molar refractivity (Wildman–Crippen MR) is 77.3 cm³/mol. The minimum Gasteiger partial charge on any atom is -0.484 e. The van der Waals surface area contributed by atoms with Gasteiger partial charge in [-0.05, 0) is 0 Å². The van der Waals surface area contributed by atoms with Crippen molar-refractivity contribution in [1.29, 1.82) is 0 Å². The van der Waals surface area contributed by atoms with Gasteiger partial charge in [0, 0.05) is 27.7 Å². The first-order valence-corrected chi connectivity index (χ1v) is 7.12. The van der Waals surface area contributed by atoms with Gasteiger partial charge in [-0.1, -0.05) is 6.58 Å². The molecule has 4 atom stereocenters. The average molecular weight is 344 g/mol. The Balaban J connectivity index is 3.13. The molecule has 0 amide bonds. The van der Waals surface area contributed by atoms with E-state index in [1.54, 1.807) is 0 Å². The van der Waals surface area contributed by atoms with Crippen LogP contribution in [-0.4, -0.2) is 54.9 Å². The second-order valence-electron chi connectivity index (χ2n) is 5.10. The van der Waals surface area contributed by atoms with Crippen molar-refractivity contribution in [2.45, 2.75) is 52.1 Å². The van der Waals surface area contributed by atoms with Crippen molar-refractivity contribution < 1.29 is 42.9 Å². The third-order valence-corrected chi connectivity index (χ3v) is 2.96. The highest BCUT2D eigenvalue weighted by Gasteiger charge is 2.49. The maximum Gasteiger partial charge on any atom is 0.303 e. The summed E-state index contributed by atoms with van der Waals surface area (Å²) in [5.74, 6) is -2.62. The van der Waals surface area contributed by atoms with E-state index in [9.17, 15) is 19.2 Å². The van der Waals surface area contributed by atoms with Gasteiger partial charge in [0.2, 0.25) is 0 Å². The van der Waals surface area contributed by atoms with Crippen LogP contribution in [0.4, 0.5) is 0 Å². The fourth-order valence-electron chi connectivity index (χ4n) is 2.19. The molecule has 1 saturated heterocycles. The molecular formula is C15H20O9. The molecule has 24 heavy (non-hydrogen) atoms. The molecule has 0 saturated carbocycles. The van der Waals surface area contributed by atoms with Gasteiger partial charge in [-0.25, -0.2) is 0 Å². The van der Waals surface area contributed by atoms with E-state index in [0.29, 0.717) is 0 Å².